The second-order valence-corrected chi connectivity index (χ2v) is 7.12. The molecule has 0 saturated heterocycles. The number of hydrogen-bond donors (Lipinski definition) is 1. The number of rotatable bonds is 8. The molecule has 4 nitrogen and oxygen atoms in total. The van der Waals surface area contributed by atoms with Crippen molar-refractivity contribution in [1.82, 2.24) is 9.62 Å². The first kappa shape index (κ1) is 17.7. The molecular weight excluding hydrogens is 284 g/mol. The SMILES string of the molecule is C#CCCS(=O)(=O)NCC(c1ccc(CC)cc1)N(C)C. The summed E-state index contributed by atoms with van der Waals surface area (Å²) in [6, 6.07) is 8.27. The number of aryl methyl sites for hydroxylation is 1. The largest absolute Gasteiger partial charge is 0.301 e. The van der Waals surface area contributed by atoms with Crippen LogP contribution in [0.3, 0.4) is 0 Å². The Morgan fingerprint density at radius 1 is 1.29 bits per heavy atom. The van der Waals surface area contributed by atoms with Gasteiger partial charge in [-0.2, -0.15) is 0 Å². The predicted molar refractivity (Wildman–Crippen MR) is 87.5 cm³/mol. The summed E-state index contributed by atoms with van der Waals surface area (Å²) >= 11 is 0. The van der Waals surface area contributed by atoms with Gasteiger partial charge in [-0.25, -0.2) is 13.1 Å². The minimum absolute atomic E-state index is 0.00323. The fourth-order valence-corrected chi connectivity index (χ4v) is 2.99. The third kappa shape index (κ3) is 5.88. The Kier molecular flexibility index (Phi) is 6.90. The molecule has 21 heavy (non-hydrogen) atoms. The monoisotopic (exact) mass is 308 g/mol. The van der Waals surface area contributed by atoms with Crippen molar-refractivity contribution in [3.63, 3.8) is 0 Å². The van der Waals surface area contributed by atoms with Gasteiger partial charge in [-0.15, -0.1) is 12.3 Å². The van der Waals surface area contributed by atoms with E-state index in [1.807, 2.05) is 19.0 Å². The number of hydrogen-bond acceptors (Lipinski definition) is 3. The summed E-state index contributed by atoms with van der Waals surface area (Å²) < 4.78 is 26.3. The molecule has 1 aromatic carbocycles. The summed E-state index contributed by atoms with van der Waals surface area (Å²) in [5, 5.41) is 0. The molecule has 1 unspecified atom stereocenters. The van der Waals surface area contributed by atoms with E-state index in [4.69, 9.17) is 6.42 Å². The highest BCUT2D eigenvalue weighted by molar-refractivity contribution is 7.89. The van der Waals surface area contributed by atoms with Crippen LogP contribution in [-0.4, -0.2) is 39.7 Å². The maximum absolute atomic E-state index is 11.8. The summed E-state index contributed by atoms with van der Waals surface area (Å²) in [6.07, 6.45) is 6.33. The van der Waals surface area contributed by atoms with Crippen LogP contribution in [0.2, 0.25) is 0 Å². The van der Waals surface area contributed by atoms with Crippen molar-refractivity contribution in [2.24, 2.45) is 0 Å². The molecular formula is C16H24N2O2S. The summed E-state index contributed by atoms with van der Waals surface area (Å²) in [5.41, 5.74) is 2.36. The summed E-state index contributed by atoms with van der Waals surface area (Å²) in [5.74, 6) is 2.32. The Morgan fingerprint density at radius 2 is 1.90 bits per heavy atom. The lowest BCUT2D eigenvalue weighted by Gasteiger charge is -2.25. The fraction of sp³-hybridized carbons (Fsp3) is 0.500. The van der Waals surface area contributed by atoms with E-state index in [9.17, 15) is 8.42 Å². The third-order valence-electron chi connectivity index (χ3n) is 3.41. The van der Waals surface area contributed by atoms with Crippen molar-refractivity contribution in [1.29, 1.82) is 0 Å². The number of nitrogens with zero attached hydrogens (tertiary/aromatic N) is 1. The highest BCUT2D eigenvalue weighted by Gasteiger charge is 2.17. The number of nitrogens with one attached hydrogen (secondary N) is 1. The average Bonchev–Trinajstić information content (AvgIpc) is 2.45. The summed E-state index contributed by atoms with van der Waals surface area (Å²) in [7, 11) is 0.565. The molecule has 1 N–H and O–H groups in total. The lowest BCUT2D eigenvalue weighted by atomic mass is 10.0. The van der Waals surface area contributed by atoms with Crippen molar-refractivity contribution in [2.45, 2.75) is 25.8 Å². The highest BCUT2D eigenvalue weighted by atomic mass is 32.2. The van der Waals surface area contributed by atoms with Crippen LogP contribution in [0.4, 0.5) is 0 Å². The molecule has 1 aromatic rings. The van der Waals surface area contributed by atoms with Gasteiger partial charge in [-0.05, 0) is 31.6 Å². The van der Waals surface area contributed by atoms with Gasteiger partial charge < -0.3 is 4.90 Å². The van der Waals surface area contributed by atoms with Crippen molar-refractivity contribution < 1.29 is 8.42 Å². The number of benzene rings is 1. The van der Waals surface area contributed by atoms with Crippen LogP contribution in [0.1, 0.15) is 30.5 Å². The van der Waals surface area contributed by atoms with Crippen LogP contribution in [0.25, 0.3) is 0 Å². The number of sulfonamides is 1. The maximum Gasteiger partial charge on any atom is 0.212 e. The molecule has 1 atom stereocenters. The lowest BCUT2D eigenvalue weighted by Crippen LogP contribution is -2.35. The molecule has 0 aliphatic carbocycles. The molecule has 5 heteroatoms. The van der Waals surface area contributed by atoms with Crippen LogP contribution in [0.15, 0.2) is 24.3 Å². The quantitative estimate of drug-likeness (QED) is 0.745. The van der Waals surface area contributed by atoms with Gasteiger partial charge in [0.2, 0.25) is 10.0 Å². The Hall–Kier alpha value is -1.35. The normalized spacial score (nSPS) is 13.1. The van der Waals surface area contributed by atoms with Crippen LogP contribution in [-0.2, 0) is 16.4 Å². The molecule has 1 rings (SSSR count). The Bertz CT molecular complexity index is 571. The zero-order valence-electron chi connectivity index (χ0n) is 13.0. The minimum atomic E-state index is -3.31. The van der Waals surface area contributed by atoms with Crippen LogP contribution in [0, 0.1) is 12.3 Å². The number of likely N-dealkylation sites (N-methyl/N-ethyl adjacent to an activating group) is 1. The average molecular weight is 308 g/mol. The Morgan fingerprint density at radius 3 is 2.38 bits per heavy atom. The van der Waals surface area contributed by atoms with Gasteiger partial charge >= 0.3 is 0 Å². The second-order valence-electron chi connectivity index (χ2n) is 5.20. The van der Waals surface area contributed by atoms with Gasteiger partial charge in [0.1, 0.15) is 0 Å². The number of terminal acetylenes is 1. The molecule has 0 bridgehead atoms. The molecule has 0 saturated carbocycles. The van der Waals surface area contributed by atoms with Gasteiger partial charge in [-0.1, -0.05) is 31.2 Å². The standard InChI is InChI=1S/C16H24N2O2S/c1-5-7-12-21(19,20)17-13-16(18(3)4)15-10-8-14(6-2)9-11-15/h1,8-11,16-17H,6-7,12-13H2,2-4H3. The topological polar surface area (TPSA) is 49.4 Å². The van der Waals surface area contributed by atoms with E-state index in [-0.39, 0.29) is 18.2 Å². The molecule has 0 heterocycles. The van der Waals surface area contributed by atoms with E-state index in [1.54, 1.807) is 0 Å². The first-order valence-corrected chi connectivity index (χ1v) is 8.71. The van der Waals surface area contributed by atoms with Gasteiger partial charge in [0.25, 0.3) is 0 Å². The van der Waals surface area contributed by atoms with Crippen molar-refractivity contribution in [3.8, 4) is 12.3 Å². The van der Waals surface area contributed by atoms with Crippen LogP contribution < -0.4 is 4.72 Å². The van der Waals surface area contributed by atoms with Crippen molar-refractivity contribution in [2.75, 3.05) is 26.4 Å². The van der Waals surface area contributed by atoms with Crippen molar-refractivity contribution in [3.05, 3.63) is 35.4 Å². The predicted octanol–water partition coefficient (Wildman–Crippen LogP) is 1.79. The maximum atomic E-state index is 11.8. The zero-order chi connectivity index (χ0) is 15.9. The molecule has 0 amide bonds. The van der Waals surface area contributed by atoms with Gasteiger partial charge in [0.15, 0.2) is 0 Å². The highest BCUT2D eigenvalue weighted by Crippen LogP contribution is 2.18. The first-order valence-electron chi connectivity index (χ1n) is 7.05. The smallest absolute Gasteiger partial charge is 0.212 e. The third-order valence-corrected chi connectivity index (χ3v) is 4.76. The van der Waals surface area contributed by atoms with Gasteiger partial charge in [0, 0.05) is 19.0 Å². The molecule has 0 fully saturated rings. The van der Waals surface area contributed by atoms with Gasteiger partial charge in [-0.3, -0.25) is 0 Å². The van der Waals surface area contributed by atoms with E-state index >= 15 is 0 Å². The summed E-state index contributed by atoms with van der Waals surface area (Å²) in [6.45, 7) is 2.45. The molecule has 0 aliphatic rings. The Labute approximate surface area is 128 Å². The molecule has 0 aliphatic heterocycles. The first-order chi connectivity index (χ1) is 9.89. The van der Waals surface area contributed by atoms with E-state index in [0.29, 0.717) is 6.54 Å². The molecule has 116 valence electrons. The van der Waals surface area contributed by atoms with E-state index in [1.165, 1.54) is 5.56 Å². The van der Waals surface area contributed by atoms with Crippen LogP contribution >= 0.6 is 0 Å². The zero-order valence-corrected chi connectivity index (χ0v) is 13.8. The summed E-state index contributed by atoms with van der Waals surface area (Å²) in [4.78, 5) is 2.00. The van der Waals surface area contributed by atoms with Gasteiger partial charge in [0.05, 0.1) is 5.75 Å². The van der Waals surface area contributed by atoms with Crippen molar-refractivity contribution >= 4 is 10.0 Å². The van der Waals surface area contributed by atoms with Crippen LogP contribution in [0.5, 0.6) is 0 Å². The van der Waals surface area contributed by atoms with E-state index in [2.05, 4.69) is 41.8 Å². The van der Waals surface area contributed by atoms with E-state index in [0.717, 1.165) is 12.0 Å². The lowest BCUT2D eigenvalue weighted by molar-refractivity contribution is 0.299. The Balaban J connectivity index is 2.76. The second kappa shape index (κ2) is 8.18. The molecule has 0 aromatic heterocycles. The van der Waals surface area contributed by atoms with E-state index < -0.39 is 10.0 Å². The minimum Gasteiger partial charge on any atom is -0.301 e. The molecule has 0 spiro atoms. The molecule has 0 radical (unpaired) electrons. The fourth-order valence-electron chi connectivity index (χ4n) is 2.05.